The summed E-state index contributed by atoms with van der Waals surface area (Å²) in [7, 11) is -3.62. The van der Waals surface area contributed by atoms with Gasteiger partial charge in [-0.05, 0) is 43.0 Å². The van der Waals surface area contributed by atoms with Gasteiger partial charge >= 0.3 is 0 Å². The Hall–Kier alpha value is -0.470. The van der Waals surface area contributed by atoms with E-state index >= 15 is 0 Å². The van der Waals surface area contributed by atoms with E-state index in [1.54, 1.807) is 13.0 Å². The van der Waals surface area contributed by atoms with Crippen LogP contribution in [0.15, 0.2) is 21.5 Å². The van der Waals surface area contributed by atoms with E-state index in [1.165, 1.54) is 6.07 Å². The van der Waals surface area contributed by atoms with Crippen LogP contribution in [0.1, 0.15) is 24.0 Å². The van der Waals surface area contributed by atoms with E-state index in [4.69, 9.17) is 4.74 Å². The first-order chi connectivity index (χ1) is 9.44. The van der Waals surface area contributed by atoms with Crippen LogP contribution in [-0.4, -0.2) is 32.8 Å². The zero-order valence-electron chi connectivity index (χ0n) is 11.2. The fraction of sp³-hybridized carbons (Fsp3) is 0.538. The zero-order valence-corrected chi connectivity index (χ0v) is 13.6. The molecule has 1 heterocycles. The first-order valence-electron chi connectivity index (χ1n) is 6.44. The topological polar surface area (TPSA) is 75.6 Å². The van der Waals surface area contributed by atoms with Crippen molar-refractivity contribution < 1.29 is 18.3 Å². The SMILES string of the molecule is Cc1c(Br)cc(CO)cc1S(=O)(=O)NC1CCCOC1. The van der Waals surface area contributed by atoms with E-state index in [0.29, 0.717) is 28.8 Å². The largest absolute Gasteiger partial charge is 0.392 e. The summed E-state index contributed by atoms with van der Waals surface area (Å²) in [5.74, 6) is 0. The monoisotopic (exact) mass is 363 g/mol. The number of ether oxygens (including phenoxy) is 1. The molecule has 0 aliphatic carbocycles. The van der Waals surface area contributed by atoms with E-state index in [2.05, 4.69) is 20.7 Å². The number of nitrogens with one attached hydrogen (secondary N) is 1. The van der Waals surface area contributed by atoms with Gasteiger partial charge in [-0.15, -0.1) is 0 Å². The first-order valence-corrected chi connectivity index (χ1v) is 8.71. The van der Waals surface area contributed by atoms with E-state index in [9.17, 15) is 13.5 Å². The van der Waals surface area contributed by atoms with Crippen LogP contribution in [0.3, 0.4) is 0 Å². The lowest BCUT2D eigenvalue weighted by atomic mass is 10.1. The van der Waals surface area contributed by atoms with Gasteiger partial charge in [-0.1, -0.05) is 15.9 Å². The second kappa shape index (κ2) is 6.53. The summed E-state index contributed by atoms with van der Waals surface area (Å²) in [4.78, 5) is 0.196. The summed E-state index contributed by atoms with van der Waals surface area (Å²) in [6.45, 7) is 2.62. The fourth-order valence-corrected chi connectivity index (χ4v) is 4.40. The number of halogens is 1. The van der Waals surface area contributed by atoms with Crippen LogP contribution in [0.2, 0.25) is 0 Å². The van der Waals surface area contributed by atoms with Gasteiger partial charge in [0.1, 0.15) is 0 Å². The Balaban J connectivity index is 2.30. The Bertz CT molecular complexity index is 582. The fourth-order valence-electron chi connectivity index (χ4n) is 2.19. The van der Waals surface area contributed by atoms with E-state index in [0.717, 1.165) is 12.8 Å². The number of hydrogen-bond acceptors (Lipinski definition) is 4. The summed E-state index contributed by atoms with van der Waals surface area (Å²) >= 11 is 3.33. The van der Waals surface area contributed by atoms with Gasteiger partial charge in [0.25, 0.3) is 0 Å². The molecule has 0 saturated carbocycles. The van der Waals surface area contributed by atoms with E-state index in [-0.39, 0.29) is 17.5 Å². The lowest BCUT2D eigenvalue weighted by Crippen LogP contribution is -2.40. The Morgan fingerprint density at radius 1 is 1.50 bits per heavy atom. The minimum atomic E-state index is -3.62. The first kappa shape index (κ1) is 15.9. The summed E-state index contributed by atoms with van der Waals surface area (Å²) in [5.41, 5.74) is 1.19. The van der Waals surface area contributed by atoms with Crippen molar-refractivity contribution in [1.29, 1.82) is 0 Å². The standard InChI is InChI=1S/C13H18BrNO4S/c1-9-12(14)5-10(7-16)6-13(9)20(17,18)15-11-3-2-4-19-8-11/h5-6,11,15-16H,2-4,7-8H2,1H3. The number of rotatable bonds is 4. The minimum absolute atomic E-state index is 0.190. The van der Waals surface area contributed by atoms with Crippen LogP contribution in [0.4, 0.5) is 0 Å². The Labute approximate surface area is 127 Å². The van der Waals surface area contributed by atoms with Crippen LogP contribution in [0.25, 0.3) is 0 Å². The average Bonchev–Trinajstić information content (AvgIpc) is 2.42. The molecule has 1 aromatic rings. The molecule has 5 nitrogen and oxygen atoms in total. The number of hydrogen-bond donors (Lipinski definition) is 2. The molecule has 1 aromatic carbocycles. The summed E-state index contributed by atoms with van der Waals surface area (Å²) in [5, 5.41) is 9.21. The number of aliphatic hydroxyl groups excluding tert-OH is 1. The van der Waals surface area contributed by atoms with Crippen LogP contribution >= 0.6 is 15.9 Å². The highest BCUT2D eigenvalue weighted by atomic mass is 79.9. The number of aliphatic hydroxyl groups is 1. The van der Waals surface area contributed by atoms with Crippen molar-refractivity contribution in [1.82, 2.24) is 4.72 Å². The van der Waals surface area contributed by atoms with Gasteiger partial charge in [-0.25, -0.2) is 13.1 Å². The third-order valence-electron chi connectivity index (χ3n) is 3.31. The molecule has 0 spiro atoms. The second-order valence-corrected chi connectivity index (χ2v) is 7.43. The van der Waals surface area contributed by atoms with Gasteiger partial charge in [0.15, 0.2) is 0 Å². The maximum absolute atomic E-state index is 12.5. The molecule has 1 unspecified atom stereocenters. The van der Waals surface area contributed by atoms with Crippen LogP contribution in [0.5, 0.6) is 0 Å². The molecular weight excluding hydrogens is 346 g/mol. The molecule has 0 radical (unpaired) electrons. The van der Waals surface area contributed by atoms with E-state index in [1.807, 2.05) is 0 Å². The molecular formula is C13H18BrNO4S. The summed E-state index contributed by atoms with van der Waals surface area (Å²) in [6, 6.07) is 3.04. The molecule has 7 heteroatoms. The zero-order chi connectivity index (χ0) is 14.8. The number of benzene rings is 1. The minimum Gasteiger partial charge on any atom is -0.392 e. The van der Waals surface area contributed by atoms with Gasteiger partial charge < -0.3 is 9.84 Å². The third kappa shape index (κ3) is 3.59. The van der Waals surface area contributed by atoms with Crippen LogP contribution in [-0.2, 0) is 21.4 Å². The maximum Gasteiger partial charge on any atom is 0.241 e. The smallest absolute Gasteiger partial charge is 0.241 e. The van der Waals surface area contributed by atoms with Crippen LogP contribution < -0.4 is 4.72 Å². The maximum atomic E-state index is 12.5. The van der Waals surface area contributed by atoms with Crippen molar-refractivity contribution >= 4 is 26.0 Å². The predicted molar refractivity (Wildman–Crippen MR) is 79.0 cm³/mol. The molecule has 1 aliphatic heterocycles. The Morgan fingerprint density at radius 3 is 2.85 bits per heavy atom. The highest BCUT2D eigenvalue weighted by Gasteiger charge is 2.24. The molecule has 0 bridgehead atoms. The summed E-state index contributed by atoms with van der Waals surface area (Å²) < 4.78 is 33.6. The molecule has 0 aromatic heterocycles. The lowest BCUT2D eigenvalue weighted by molar-refractivity contribution is 0.0774. The highest BCUT2D eigenvalue weighted by Crippen LogP contribution is 2.26. The molecule has 2 N–H and O–H groups in total. The van der Waals surface area contributed by atoms with Gasteiger partial charge in [-0.2, -0.15) is 0 Å². The predicted octanol–water partition coefficient (Wildman–Crippen LogP) is 1.71. The normalized spacial score (nSPS) is 20.1. The second-order valence-electron chi connectivity index (χ2n) is 4.89. The number of sulfonamides is 1. The van der Waals surface area contributed by atoms with Gasteiger partial charge in [0.2, 0.25) is 10.0 Å². The molecule has 112 valence electrons. The highest BCUT2D eigenvalue weighted by molar-refractivity contribution is 9.10. The average molecular weight is 364 g/mol. The van der Waals surface area contributed by atoms with Crippen molar-refractivity contribution in [2.45, 2.75) is 37.3 Å². The lowest BCUT2D eigenvalue weighted by Gasteiger charge is -2.23. The van der Waals surface area contributed by atoms with Crippen molar-refractivity contribution in [2.75, 3.05) is 13.2 Å². The van der Waals surface area contributed by atoms with Gasteiger partial charge in [0, 0.05) is 17.1 Å². The molecule has 2 rings (SSSR count). The molecule has 1 aliphatic rings. The molecule has 1 fully saturated rings. The Kier molecular flexibility index (Phi) is 5.19. The van der Waals surface area contributed by atoms with Crippen molar-refractivity contribution in [3.8, 4) is 0 Å². The quantitative estimate of drug-likeness (QED) is 0.853. The molecule has 0 amide bonds. The van der Waals surface area contributed by atoms with Gasteiger partial charge in [0.05, 0.1) is 18.1 Å². The Morgan fingerprint density at radius 2 is 2.25 bits per heavy atom. The third-order valence-corrected chi connectivity index (χ3v) is 5.78. The molecule has 1 saturated heterocycles. The molecule has 20 heavy (non-hydrogen) atoms. The van der Waals surface area contributed by atoms with Crippen molar-refractivity contribution in [3.63, 3.8) is 0 Å². The summed E-state index contributed by atoms with van der Waals surface area (Å²) in [6.07, 6.45) is 1.63. The van der Waals surface area contributed by atoms with Crippen LogP contribution in [0, 0.1) is 6.92 Å². The van der Waals surface area contributed by atoms with Crippen molar-refractivity contribution in [3.05, 3.63) is 27.7 Å². The van der Waals surface area contributed by atoms with E-state index < -0.39 is 10.0 Å². The molecule has 1 atom stereocenters. The van der Waals surface area contributed by atoms with Gasteiger partial charge in [-0.3, -0.25) is 0 Å². The van der Waals surface area contributed by atoms with Crippen molar-refractivity contribution in [2.24, 2.45) is 0 Å².